The van der Waals surface area contributed by atoms with E-state index in [0.717, 1.165) is 0 Å². The molecule has 10 heteroatoms. The first kappa shape index (κ1) is 20.2. The van der Waals surface area contributed by atoms with Crippen LogP contribution in [-0.4, -0.2) is 28.2 Å². The molecule has 25 heavy (non-hydrogen) atoms. The number of nitrogens with two attached hydrogens (primary N) is 1. The van der Waals surface area contributed by atoms with Gasteiger partial charge in [0.1, 0.15) is 0 Å². The quantitative estimate of drug-likeness (QED) is 0.800. The molecule has 1 atom stereocenters. The van der Waals surface area contributed by atoms with Crippen LogP contribution in [0.3, 0.4) is 0 Å². The zero-order chi connectivity index (χ0) is 19.0. The van der Waals surface area contributed by atoms with Crippen LogP contribution in [0.15, 0.2) is 52.3 Å². The number of benzene rings is 2. The van der Waals surface area contributed by atoms with Crippen molar-refractivity contribution in [3.05, 3.63) is 58.1 Å². The predicted octanol–water partition coefficient (Wildman–Crippen LogP) is 3.02. The molecular weight excluding hydrogens is 407 g/mol. The highest BCUT2D eigenvalue weighted by Gasteiger charge is 2.27. The number of rotatable bonds is 5. The Morgan fingerprint density at radius 1 is 0.920 bits per heavy atom. The van der Waals surface area contributed by atoms with E-state index in [1.165, 1.54) is 53.8 Å². The summed E-state index contributed by atoms with van der Waals surface area (Å²) in [6.45, 7) is 1.68. The molecule has 0 aliphatic carbocycles. The maximum atomic E-state index is 12.7. The van der Waals surface area contributed by atoms with Crippen LogP contribution >= 0.6 is 23.2 Å². The van der Waals surface area contributed by atoms with Crippen molar-refractivity contribution in [3.63, 3.8) is 0 Å². The van der Waals surface area contributed by atoms with Crippen molar-refractivity contribution in [2.24, 2.45) is 5.14 Å². The molecular formula is C15H16Cl2N2O4S2. The van der Waals surface area contributed by atoms with Crippen LogP contribution in [0.1, 0.15) is 18.5 Å². The number of primary sulfonamides is 1. The lowest BCUT2D eigenvalue weighted by molar-refractivity contribution is 0.398. The molecule has 2 aromatic rings. The van der Waals surface area contributed by atoms with Gasteiger partial charge in [0.15, 0.2) is 0 Å². The van der Waals surface area contributed by atoms with Crippen LogP contribution < -0.4 is 5.14 Å². The molecule has 0 saturated heterocycles. The Bertz CT molecular complexity index is 991. The first-order chi connectivity index (χ1) is 11.4. The topological polar surface area (TPSA) is 97.5 Å². The van der Waals surface area contributed by atoms with E-state index in [-0.39, 0.29) is 19.8 Å². The van der Waals surface area contributed by atoms with Gasteiger partial charge in [0.25, 0.3) is 0 Å². The summed E-state index contributed by atoms with van der Waals surface area (Å²) in [5.74, 6) is 0. The average Bonchev–Trinajstić information content (AvgIpc) is 2.55. The van der Waals surface area contributed by atoms with Gasteiger partial charge in [-0.2, -0.15) is 4.31 Å². The Morgan fingerprint density at radius 3 is 1.92 bits per heavy atom. The molecule has 2 rings (SSSR count). The van der Waals surface area contributed by atoms with Crippen molar-refractivity contribution in [1.29, 1.82) is 0 Å². The first-order valence-corrected chi connectivity index (χ1v) is 10.7. The van der Waals surface area contributed by atoms with Gasteiger partial charge in [0.05, 0.1) is 19.8 Å². The minimum Gasteiger partial charge on any atom is -0.225 e. The summed E-state index contributed by atoms with van der Waals surface area (Å²) in [5.41, 5.74) is 0.610. The maximum absolute atomic E-state index is 12.7. The molecule has 1 unspecified atom stereocenters. The third-order valence-electron chi connectivity index (χ3n) is 3.80. The number of hydrogen-bond acceptors (Lipinski definition) is 4. The van der Waals surface area contributed by atoms with E-state index in [2.05, 4.69) is 0 Å². The van der Waals surface area contributed by atoms with Gasteiger partial charge < -0.3 is 0 Å². The van der Waals surface area contributed by atoms with Gasteiger partial charge in [0, 0.05) is 13.1 Å². The second-order valence-corrected chi connectivity index (χ2v) is 9.76. The Balaban J connectivity index is 2.35. The summed E-state index contributed by atoms with van der Waals surface area (Å²) in [5, 5.41) is 5.46. The fourth-order valence-corrected chi connectivity index (χ4v) is 4.41. The summed E-state index contributed by atoms with van der Waals surface area (Å²) in [6.07, 6.45) is 0. The molecule has 0 aliphatic heterocycles. The monoisotopic (exact) mass is 422 g/mol. The van der Waals surface area contributed by atoms with Crippen LogP contribution in [0, 0.1) is 0 Å². The number of halogens is 2. The van der Waals surface area contributed by atoms with Gasteiger partial charge in [-0.05, 0) is 42.8 Å². The fraction of sp³-hybridized carbons (Fsp3) is 0.200. The second kappa shape index (κ2) is 7.22. The highest BCUT2D eigenvalue weighted by molar-refractivity contribution is 7.89. The van der Waals surface area contributed by atoms with Crippen molar-refractivity contribution >= 4 is 43.2 Å². The normalized spacial score (nSPS) is 13.8. The molecule has 0 amide bonds. The van der Waals surface area contributed by atoms with Crippen LogP contribution in [-0.2, 0) is 20.0 Å². The van der Waals surface area contributed by atoms with E-state index in [9.17, 15) is 16.8 Å². The van der Waals surface area contributed by atoms with Crippen molar-refractivity contribution in [2.75, 3.05) is 7.05 Å². The summed E-state index contributed by atoms with van der Waals surface area (Å²) in [7, 11) is -6.19. The van der Waals surface area contributed by atoms with E-state index < -0.39 is 26.1 Å². The molecule has 0 aromatic heterocycles. The largest absolute Gasteiger partial charge is 0.243 e. The molecule has 0 heterocycles. The number of hydrogen-bond donors (Lipinski definition) is 1. The van der Waals surface area contributed by atoms with Crippen molar-refractivity contribution in [3.8, 4) is 0 Å². The third kappa shape index (κ3) is 4.33. The molecule has 0 bridgehead atoms. The predicted molar refractivity (Wildman–Crippen MR) is 97.6 cm³/mol. The Hall–Kier alpha value is -1.16. The smallest absolute Gasteiger partial charge is 0.225 e. The fourth-order valence-electron chi connectivity index (χ4n) is 2.16. The highest BCUT2D eigenvalue weighted by atomic mass is 35.5. The number of nitrogens with zero attached hydrogens (tertiary/aromatic N) is 1. The van der Waals surface area contributed by atoms with E-state index in [1.807, 2.05) is 0 Å². The molecule has 2 aromatic carbocycles. The molecule has 0 radical (unpaired) electrons. The first-order valence-electron chi connectivity index (χ1n) is 7.00. The molecule has 0 saturated carbocycles. The van der Waals surface area contributed by atoms with Crippen LogP contribution in [0.4, 0.5) is 0 Å². The van der Waals surface area contributed by atoms with Gasteiger partial charge in [-0.3, -0.25) is 0 Å². The lowest BCUT2D eigenvalue weighted by atomic mass is 10.1. The zero-order valence-corrected chi connectivity index (χ0v) is 16.5. The molecule has 136 valence electrons. The van der Waals surface area contributed by atoms with Crippen molar-refractivity contribution in [1.82, 2.24) is 4.31 Å². The lowest BCUT2D eigenvalue weighted by Crippen LogP contribution is -2.29. The summed E-state index contributed by atoms with van der Waals surface area (Å²) in [4.78, 5) is -0.0316. The van der Waals surface area contributed by atoms with E-state index in [4.69, 9.17) is 28.3 Å². The molecule has 0 aliphatic rings. The third-order valence-corrected chi connectivity index (χ3v) is 7.40. The van der Waals surface area contributed by atoms with E-state index >= 15 is 0 Å². The summed E-state index contributed by atoms with van der Waals surface area (Å²) >= 11 is 11.7. The standard InChI is InChI=1S/C15H16Cl2N2O4S2/c1-10(11-3-5-12(6-4-11)24(18,20)21)19(2)25(22,23)13-7-8-14(16)15(17)9-13/h3-10H,1-2H3,(H2,18,20,21). The van der Waals surface area contributed by atoms with Gasteiger partial charge in [-0.1, -0.05) is 35.3 Å². The Kier molecular flexibility index (Phi) is 5.82. The second-order valence-electron chi connectivity index (χ2n) is 5.39. The lowest BCUT2D eigenvalue weighted by Gasteiger charge is -2.25. The summed E-state index contributed by atoms with van der Waals surface area (Å²) < 4.78 is 49.3. The molecule has 2 N–H and O–H groups in total. The Morgan fingerprint density at radius 2 is 1.44 bits per heavy atom. The maximum Gasteiger partial charge on any atom is 0.243 e. The van der Waals surface area contributed by atoms with Crippen LogP contribution in [0.2, 0.25) is 10.0 Å². The molecule has 0 fully saturated rings. The van der Waals surface area contributed by atoms with E-state index in [1.54, 1.807) is 6.92 Å². The van der Waals surface area contributed by atoms with Crippen LogP contribution in [0.5, 0.6) is 0 Å². The van der Waals surface area contributed by atoms with Gasteiger partial charge in [0.2, 0.25) is 20.0 Å². The van der Waals surface area contributed by atoms with Crippen LogP contribution in [0.25, 0.3) is 0 Å². The van der Waals surface area contributed by atoms with E-state index in [0.29, 0.717) is 5.56 Å². The van der Waals surface area contributed by atoms with Gasteiger partial charge in [-0.15, -0.1) is 0 Å². The Labute approximate surface area is 157 Å². The average molecular weight is 423 g/mol. The van der Waals surface area contributed by atoms with Gasteiger partial charge in [-0.25, -0.2) is 22.0 Å². The van der Waals surface area contributed by atoms with Crippen molar-refractivity contribution in [2.45, 2.75) is 22.8 Å². The number of sulfonamides is 2. The SMILES string of the molecule is CC(c1ccc(S(N)(=O)=O)cc1)N(C)S(=O)(=O)c1ccc(Cl)c(Cl)c1. The molecule has 0 spiro atoms. The minimum atomic E-state index is -3.82. The van der Waals surface area contributed by atoms with Crippen molar-refractivity contribution < 1.29 is 16.8 Å². The molecule has 6 nitrogen and oxygen atoms in total. The van der Waals surface area contributed by atoms with Gasteiger partial charge >= 0.3 is 0 Å². The minimum absolute atomic E-state index is 0.0115. The zero-order valence-electron chi connectivity index (χ0n) is 13.3. The summed E-state index contributed by atoms with van der Waals surface area (Å²) in [6, 6.07) is 9.23. The highest BCUT2D eigenvalue weighted by Crippen LogP contribution is 2.30.